The first kappa shape index (κ1) is 12.3. The number of H-pyrrole nitrogens is 1. The van der Waals surface area contributed by atoms with Gasteiger partial charge in [0.25, 0.3) is 0 Å². The molecule has 0 aliphatic heterocycles. The molecule has 5 nitrogen and oxygen atoms in total. The van der Waals surface area contributed by atoms with Crippen LogP contribution in [0.25, 0.3) is 0 Å². The van der Waals surface area contributed by atoms with E-state index in [1.54, 1.807) is 20.8 Å². The second kappa shape index (κ2) is 4.83. The van der Waals surface area contributed by atoms with Gasteiger partial charge in [-0.25, -0.2) is 4.79 Å². The Labute approximate surface area is 93.4 Å². The zero-order valence-electron chi connectivity index (χ0n) is 9.59. The molecule has 0 aliphatic rings. The first-order chi connectivity index (χ1) is 7.47. The maximum absolute atomic E-state index is 11.5. The third-order valence-corrected chi connectivity index (χ3v) is 2.40. The molecule has 0 bridgehead atoms. The van der Waals surface area contributed by atoms with E-state index in [2.05, 4.69) is 4.98 Å². The summed E-state index contributed by atoms with van der Waals surface area (Å²) < 4.78 is 4.86. The Morgan fingerprint density at radius 1 is 1.38 bits per heavy atom. The van der Waals surface area contributed by atoms with Gasteiger partial charge in [-0.15, -0.1) is 0 Å². The number of hydrogen-bond acceptors (Lipinski definition) is 3. The molecule has 0 aliphatic carbocycles. The number of aryl methyl sites for hydroxylation is 1. The van der Waals surface area contributed by atoms with Crippen molar-refractivity contribution in [2.24, 2.45) is 0 Å². The van der Waals surface area contributed by atoms with Gasteiger partial charge in [0, 0.05) is 5.69 Å². The average molecular weight is 225 g/mol. The van der Waals surface area contributed by atoms with Crippen LogP contribution in [0, 0.1) is 13.8 Å². The van der Waals surface area contributed by atoms with Gasteiger partial charge in [-0.05, 0) is 31.9 Å². The monoisotopic (exact) mass is 225 g/mol. The Hall–Kier alpha value is -1.78. The van der Waals surface area contributed by atoms with Gasteiger partial charge in [-0.2, -0.15) is 0 Å². The maximum atomic E-state index is 11.5. The number of aliphatic carboxylic acids is 1. The van der Waals surface area contributed by atoms with Gasteiger partial charge < -0.3 is 14.8 Å². The van der Waals surface area contributed by atoms with E-state index in [-0.39, 0.29) is 6.42 Å². The average Bonchev–Trinajstić information content (AvgIpc) is 2.45. The van der Waals surface area contributed by atoms with Gasteiger partial charge in [0.2, 0.25) is 0 Å². The zero-order valence-corrected chi connectivity index (χ0v) is 9.59. The molecular formula is C11H15NO4. The van der Waals surface area contributed by atoms with E-state index in [9.17, 15) is 9.59 Å². The SMILES string of the molecule is CCOC(=O)c1[nH]c(C)c(CC(=O)O)c1C. The molecule has 0 spiro atoms. The molecule has 2 N–H and O–H groups in total. The van der Waals surface area contributed by atoms with E-state index in [0.717, 1.165) is 0 Å². The van der Waals surface area contributed by atoms with E-state index >= 15 is 0 Å². The number of aromatic nitrogens is 1. The van der Waals surface area contributed by atoms with Crippen LogP contribution in [-0.2, 0) is 16.0 Å². The van der Waals surface area contributed by atoms with Crippen LogP contribution in [0.2, 0.25) is 0 Å². The molecule has 0 saturated heterocycles. The molecule has 16 heavy (non-hydrogen) atoms. The van der Waals surface area contributed by atoms with Crippen molar-refractivity contribution >= 4 is 11.9 Å². The minimum atomic E-state index is -0.916. The molecule has 0 unspecified atom stereocenters. The predicted molar refractivity (Wildman–Crippen MR) is 57.6 cm³/mol. The highest BCUT2D eigenvalue weighted by Crippen LogP contribution is 2.19. The van der Waals surface area contributed by atoms with E-state index in [1.807, 2.05) is 0 Å². The third kappa shape index (κ3) is 2.42. The van der Waals surface area contributed by atoms with E-state index < -0.39 is 11.9 Å². The fraction of sp³-hybridized carbons (Fsp3) is 0.455. The molecule has 0 amide bonds. The molecule has 1 heterocycles. The van der Waals surface area contributed by atoms with Crippen molar-refractivity contribution in [3.63, 3.8) is 0 Å². The van der Waals surface area contributed by atoms with Crippen LogP contribution in [0.3, 0.4) is 0 Å². The Bertz CT molecular complexity index is 420. The van der Waals surface area contributed by atoms with Crippen molar-refractivity contribution in [3.05, 3.63) is 22.5 Å². The van der Waals surface area contributed by atoms with Gasteiger partial charge in [-0.3, -0.25) is 4.79 Å². The topological polar surface area (TPSA) is 79.4 Å². The number of hydrogen-bond donors (Lipinski definition) is 2. The first-order valence-corrected chi connectivity index (χ1v) is 5.04. The van der Waals surface area contributed by atoms with Gasteiger partial charge in [-0.1, -0.05) is 0 Å². The molecule has 0 atom stereocenters. The molecule has 1 aromatic heterocycles. The molecule has 0 saturated carbocycles. The number of carbonyl (C=O) groups excluding carboxylic acids is 1. The van der Waals surface area contributed by atoms with Gasteiger partial charge in [0.15, 0.2) is 0 Å². The highest BCUT2D eigenvalue weighted by Gasteiger charge is 2.19. The zero-order chi connectivity index (χ0) is 12.3. The molecule has 0 radical (unpaired) electrons. The molecule has 88 valence electrons. The van der Waals surface area contributed by atoms with Crippen molar-refractivity contribution in [3.8, 4) is 0 Å². The van der Waals surface area contributed by atoms with Crippen LogP contribution < -0.4 is 0 Å². The number of esters is 1. The van der Waals surface area contributed by atoms with Crippen LogP contribution in [0.4, 0.5) is 0 Å². The van der Waals surface area contributed by atoms with Crippen molar-refractivity contribution < 1.29 is 19.4 Å². The number of carbonyl (C=O) groups is 2. The second-order valence-electron chi connectivity index (χ2n) is 3.52. The van der Waals surface area contributed by atoms with E-state index in [0.29, 0.717) is 29.1 Å². The summed E-state index contributed by atoms with van der Waals surface area (Å²) in [7, 11) is 0. The normalized spacial score (nSPS) is 10.2. The Kier molecular flexibility index (Phi) is 3.71. The predicted octanol–water partition coefficient (Wildman–Crippen LogP) is 1.44. The van der Waals surface area contributed by atoms with Crippen LogP contribution in [0.5, 0.6) is 0 Å². The summed E-state index contributed by atoms with van der Waals surface area (Å²) in [5.74, 6) is -1.36. The summed E-state index contributed by atoms with van der Waals surface area (Å²) in [5, 5.41) is 8.74. The Balaban J connectivity index is 3.06. The summed E-state index contributed by atoms with van der Waals surface area (Å²) in [5.41, 5.74) is 2.34. The fourth-order valence-electron chi connectivity index (χ4n) is 1.61. The third-order valence-electron chi connectivity index (χ3n) is 2.40. The smallest absolute Gasteiger partial charge is 0.355 e. The molecule has 5 heteroatoms. The fourth-order valence-corrected chi connectivity index (χ4v) is 1.61. The highest BCUT2D eigenvalue weighted by atomic mass is 16.5. The summed E-state index contributed by atoms with van der Waals surface area (Å²) in [4.78, 5) is 25.0. The first-order valence-electron chi connectivity index (χ1n) is 5.04. The lowest BCUT2D eigenvalue weighted by Gasteiger charge is -2.00. The summed E-state index contributed by atoms with van der Waals surface area (Å²) >= 11 is 0. The minimum Gasteiger partial charge on any atom is -0.481 e. The van der Waals surface area contributed by atoms with Gasteiger partial charge >= 0.3 is 11.9 Å². The summed E-state index contributed by atoms with van der Waals surface area (Å²) in [6, 6.07) is 0. The van der Waals surface area contributed by atoms with Crippen LogP contribution >= 0.6 is 0 Å². The second-order valence-corrected chi connectivity index (χ2v) is 3.52. The standard InChI is InChI=1S/C11H15NO4/c1-4-16-11(15)10-6(2)8(5-9(13)14)7(3)12-10/h12H,4-5H2,1-3H3,(H,13,14). The van der Waals surface area contributed by atoms with Crippen molar-refractivity contribution in [1.29, 1.82) is 0 Å². The number of aromatic amines is 1. The number of carboxylic acids is 1. The van der Waals surface area contributed by atoms with E-state index in [1.165, 1.54) is 0 Å². The van der Waals surface area contributed by atoms with Gasteiger partial charge in [0.1, 0.15) is 5.69 Å². The van der Waals surface area contributed by atoms with Crippen LogP contribution in [0.1, 0.15) is 34.2 Å². The van der Waals surface area contributed by atoms with Crippen molar-refractivity contribution in [2.45, 2.75) is 27.2 Å². The largest absolute Gasteiger partial charge is 0.481 e. The van der Waals surface area contributed by atoms with Crippen LogP contribution in [-0.4, -0.2) is 28.6 Å². The van der Waals surface area contributed by atoms with E-state index in [4.69, 9.17) is 9.84 Å². The number of ether oxygens (including phenoxy) is 1. The maximum Gasteiger partial charge on any atom is 0.355 e. The highest BCUT2D eigenvalue weighted by molar-refractivity contribution is 5.90. The summed E-state index contributed by atoms with van der Waals surface area (Å²) in [6.45, 7) is 5.48. The number of rotatable bonds is 4. The quantitative estimate of drug-likeness (QED) is 0.760. The van der Waals surface area contributed by atoms with Crippen LogP contribution in [0.15, 0.2) is 0 Å². The molecule has 0 aromatic carbocycles. The van der Waals surface area contributed by atoms with Crippen molar-refractivity contribution in [1.82, 2.24) is 4.98 Å². The number of carboxylic acid groups (broad SMARTS) is 1. The molecular weight excluding hydrogens is 210 g/mol. The molecule has 1 aromatic rings. The minimum absolute atomic E-state index is 0.0897. The number of nitrogens with one attached hydrogen (secondary N) is 1. The van der Waals surface area contributed by atoms with Gasteiger partial charge in [0.05, 0.1) is 13.0 Å². The lowest BCUT2D eigenvalue weighted by molar-refractivity contribution is -0.136. The lowest BCUT2D eigenvalue weighted by atomic mass is 10.1. The Morgan fingerprint density at radius 3 is 2.50 bits per heavy atom. The lowest BCUT2D eigenvalue weighted by Crippen LogP contribution is -2.07. The Morgan fingerprint density at radius 2 is 2.00 bits per heavy atom. The summed E-state index contributed by atoms with van der Waals surface area (Å²) in [6.07, 6.45) is -0.0897. The van der Waals surface area contributed by atoms with Crippen molar-refractivity contribution in [2.75, 3.05) is 6.61 Å². The molecule has 0 fully saturated rings. The molecule has 1 rings (SSSR count).